The van der Waals surface area contributed by atoms with Crippen molar-refractivity contribution in [1.29, 1.82) is 0 Å². The molecule has 16 nitrogen and oxygen atoms in total. The lowest BCUT2D eigenvalue weighted by atomic mass is 9.99. The van der Waals surface area contributed by atoms with E-state index in [0.29, 0.717) is 50.8 Å². The van der Waals surface area contributed by atoms with Gasteiger partial charge in [-0.2, -0.15) is 0 Å². The van der Waals surface area contributed by atoms with E-state index in [-0.39, 0.29) is 25.4 Å². The third kappa shape index (κ3) is 9.06. The van der Waals surface area contributed by atoms with Crippen LogP contribution in [-0.2, 0) is 39.9 Å². The molecule has 0 bridgehead atoms. The highest BCUT2D eigenvalue weighted by Gasteiger charge is 2.47. The van der Waals surface area contributed by atoms with Gasteiger partial charge in [-0.1, -0.05) is 37.3 Å². The number of urea groups is 1. The number of nitrogens with one attached hydrogen (secondary N) is 4. The second kappa shape index (κ2) is 17.3. The Morgan fingerprint density at radius 2 is 1.58 bits per heavy atom. The Labute approximate surface area is 320 Å². The molecule has 4 saturated heterocycles. The number of ether oxygens (including phenoxy) is 1. The summed E-state index contributed by atoms with van der Waals surface area (Å²) in [6.45, 7) is 5.71. The molecule has 8 atom stereocenters. The Hall–Kier alpha value is -5.54. The van der Waals surface area contributed by atoms with Crippen LogP contribution in [0, 0.1) is 5.92 Å². The first-order valence-electron chi connectivity index (χ1n) is 19.2. The number of fused-ring (bicyclic) bond motifs is 3. The summed E-state index contributed by atoms with van der Waals surface area (Å²) in [7, 11) is 0. The van der Waals surface area contributed by atoms with Gasteiger partial charge in [-0.05, 0) is 76.0 Å². The lowest BCUT2D eigenvalue weighted by Gasteiger charge is -2.39. The van der Waals surface area contributed by atoms with Crippen LogP contribution in [0.1, 0.15) is 64.9 Å². The van der Waals surface area contributed by atoms with E-state index in [0.717, 1.165) is 5.56 Å². The van der Waals surface area contributed by atoms with E-state index in [1.807, 2.05) is 13.0 Å². The molecule has 5 heterocycles. The molecule has 294 valence electrons. The highest BCUT2D eigenvalue weighted by atomic mass is 16.5. The first-order valence-corrected chi connectivity index (χ1v) is 19.2. The smallest absolute Gasteiger partial charge is 0.329 e. The minimum atomic E-state index is -1.47. The summed E-state index contributed by atoms with van der Waals surface area (Å²) in [6.07, 6.45) is 4.72. The number of amides is 7. The highest BCUT2D eigenvalue weighted by Crippen LogP contribution is 2.28. The maximum absolute atomic E-state index is 14.7. The number of hydrogen-bond donors (Lipinski definition) is 4. The number of piperidine rings is 1. The number of esters is 1. The van der Waals surface area contributed by atoms with Crippen molar-refractivity contribution < 1.29 is 38.3 Å². The van der Waals surface area contributed by atoms with E-state index in [1.165, 1.54) is 27.8 Å². The molecule has 0 aliphatic carbocycles. The molecule has 0 spiro atoms. The van der Waals surface area contributed by atoms with Gasteiger partial charge in [0.05, 0.1) is 11.9 Å². The molecular formula is C39H50N8O8. The second-order valence-corrected chi connectivity index (χ2v) is 15.0. The largest absolute Gasteiger partial charge is 0.458 e. The Kier molecular flexibility index (Phi) is 12.3. The monoisotopic (exact) mass is 758 g/mol. The first kappa shape index (κ1) is 39.2. The third-order valence-electron chi connectivity index (χ3n) is 10.9. The zero-order valence-corrected chi connectivity index (χ0v) is 31.4. The molecule has 7 amide bonds. The number of carbonyl (C=O) groups is 7. The maximum atomic E-state index is 14.7. The molecule has 1 aromatic carbocycles. The van der Waals surface area contributed by atoms with Crippen molar-refractivity contribution in [1.82, 2.24) is 35.6 Å². The fourth-order valence-electron chi connectivity index (χ4n) is 8.04. The van der Waals surface area contributed by atoms with E-state index in [1.54, 1.807) is 49.5 Å². The van der Waals surface area contributed by atoms with Gasteiger partial charge < -0.3 is 40.7 Å². The topological polar surface area (TPSA) is 199 Å². The molecule has 4 N–H and O–H groups in total. The van der Waals surface area contributed by atoms with Crippen LogP contribution in [0.4, 0.5) is 10.5 Å². The zero-order valence-electron chi connectivity index (χ0n) is 31.4. The number of aromatic nitrogens is 1. The predicted molar refractivity (Wildman–Crippen MR) is 199 cm³/mol. The van der Waals surface area contributed by atoms with Crippen LogP contribution < -0.4 is 21.3 Å². The Morgan fingerprint density at radius 1 is 0.855 bits per heavy atom. The number of cyclic esters (lactones) is 1. The van der Waals surface area contributed by atoms with Crippen molar-refractivity contribution in [2.75, 3.05) is 25.0 Å². The minimum absolute atomic E-state index is 0.0562. The number of nitrogens with zero attached hydrogens (tertiary/aromatic N) is 4. The lowest BCUT2D eigenvalue weighted by molar-refractivity contribution is -0.163. The number of hydrogen-bond acceptors (Lipinski definition) is 9. The molecule has 6 rings (SSSR count). The average molecular weight is 759 g/mol. The molecule has 0 radical (unpaired) electrons. The number of carbonyl (C=O) groups excluding carboxylic acids is 7. The molecule has 55 heavy (non-hydrogen) atoms. The van der Waals surface area contributed by atoms with Crippen LogP contribution in [0.25, 0.3) is 0 Å². The SMILES string of the molecule is C[C@@H]1C[C@H]2C(=O)O[C@@H](C)[C@H](NC(=O)[C@H](Cc3ccccc3)NC(=O)Nc3cccnc3)C(=O)N3CCC[C@H]3C(=O)N3CCCC[C@H]3C(=O)N[C@@H](C)C(=O)N2C1. The van der Waals surface area contributed by atoms with Crippen LogP contribution >= 0.6 is 0 Å². The number of pyridine rings is 1. The molecule has 2 aromatic rings. The summed E-state index contributed by atoms with van der Waals surface area (Å²) >= 11 is 0. The van der Waals surface area contributed by atoms with Crippen LogP contribution in [0.3, 0.4) is 0 Å². The van der Waals surface area contributed by atoms with Gasteiger partial charge in [0.2, 0.25) is 29.5 Å². The summed E-state index contributed by atoms with van der Waals surface area (Å²) in [4.78, 5) is 106. The molecule has 4 aliphatic rings. The molecule has 0 saturated carbocycles. The van der Waals surface area contributed by atoms with Gasteiger partial charge in [0.1, 0.15) is 42.4 Å². The van der Waals surface area contributed by atoms with Crippen molar-refractivity contribution in [2.24, 2.45) is 5.92 Å². The lowest BCUT2D eigenvalue weighted by Crippen LogP contribution is -2.63. The fourth-order valence-corrected chi connectivity index (χ4v) is 8.04. The van der Waals surface area contributed by atoms with Gasteiger partial charge in [0, 0.05) is 32.3 Å². The zero-order chi connectivity index (χ0) is 39.2. The minimum Gasteiger partial charge on any atom is -0.458 e. The van der Waals surface area contributed by atoms with Crippen molar-refractivity contribution in [3.05, 3.63) is 60.4 Å². The van der Waals surface area contributed by atoms with E-state index in [4.69, 9.17) is 4.74 Å². The molecule has 4 aliphatic heterocycles. The molecule has 1 aromatic heterocycles. The van der Waals surface area contributed by atoms with E-state index >= 15 is 0 Å². The van der Waals surface area contributed by atoms with Crippen molar-refractivity contribution in [3.8, 4) is 0 Å². The van der Waals surface area contributed by atoms with Crippen LogP contribution in [0.2, 0.25) is 0 Å². The van der Waals surface area contributed by atoms with Gasteiger partial charge in [-0.25, -0.2) is 9.59 Å². The van der Waals surface area contributed by atoms with Crippen LogP contribution in [-0.4, -0.2) is 123 Å². The fraction of sp³-hybridized carbons (Fsp3) is 0.538. The first-order chi connectivity index (χ1) is 26.4. The number of anilines is 1. The van der Waals surface area contributed by atoms with E-state index in [9.17, 15) is 33.6 Å². The van der Waals surface area contributed by atoms with Crippen LogP contribution in [0.15, 0.2) is 54.9 Å². The van der Waals surface area contributed by atoms with E-state index < -0.39 is 83.9 Å². The average Bonchev–Trinajstić information content (AvgIpc) is 3.83. The standard InChI is InChI=1S/C39H50N8O8/c1-23-19-31-38(53)55-25(3)32(44-33(48)28(20-26-11-5-4-6-12-26)43-39(54)42-27-13-9-16-40-21-27)37(52)46-18-10-15-30(46)36(51)45-17-8-7-14-29(45)34(49)41-24(2)35(50)47(31)22-23/h4-6,9,11-13,16,21,23-25,28-32H,7-8,10,14-15,17-20,22H2,1-3H3,(H,41,49)(H,44,48)(H2,42,43,54)/t23-,24+,25+,28+,29+,30+,31+,32+/m1/s1. The Morgan fingerprint density at radius 3 is 2.33 bits per heavy atom. The molecule has 4 fully saturated rings. The van der Waals surface area contributed by atoms with Gasteiger partial charge >= 0.3 is 12.0 Å². The Balaban J connectivity index is 1.32. The maximum Gasteiger partial charge on any atom is 0.329 e. The van der Waals surface area contributed by atoms with Crippen molar-refractivity contribution >= 4 is 47.2 Å². The summed E-state index contributed by atoms with van der Waals surface area (Å²) in [5.74, 6) is -3.51. The van der Waals surface area contributed by atoms with Crippen molar-refractivity contribution in [2.45, 2.75) is 108 Å². The third-order valence-corrected chi connectivity index (χ3v) is 10.9. The van der Waals surface area contributed by atoms with Gasteiger partial charge in [-0.3, -0.25) is 29.0 Å². The Bertz CT molecular complexity index is 1760. The summed E-state index contributed by atoms with van der Waals surface area (Å²) in [6, 6.07) is 5.23. The number of rotatable bonds is 6. The number of benzene rings is 1. The van der Waals surface area contributed by atoms with Gasteiger partial charge in [0.15, 0.2) is 0 Å². The highest BCUT2D eigenvalue weighted by molar-refractivity contribution is 5.98. The van der Waals surface area contributed by atoms with Gasteiger partial charge in [0.25, 0.3) is 0 Å². The van der Waals surface area contributed by atoms with Crippen LogP contribution in [0.5, 0.6) is 0 Å². The predicted octanol–water partition coefficient (Wildman–Crippen LogP) is 1.36. The normalized spacial score (nSPS) is 28.3. The summed E-state index contributed by atoms with van der Waals surface area (Å²) in [5.41, 5.74) is 1.13. The molecular weight excluding hydrogens is 708 g/mol. The van der Waals surface area contributed by atoms with Gasteiger partial charge in [-0.15, -0.1) is 0 Å². The molecule has 16 heteroatoms. The summed E-state index contributed by atoms with van der Waals surface area (Å²) in [5, 5.41) is 10.9. The molecule has 0 unspecified atom stereocenters. The van der Waals surface area contributed by atoms with Crippen molar-refractivity contribution in [3.63, 3.8) is 0 Å². The second-order valence-electron chi connectivity index (χ2n) is 15.0. The quantitative estimate of drug-likeness (QED) is 0.314. The van der Waals surface area contributed by atoms with E-state index in [2.05, 4.69) is 26.3 Å². The summed E-state index contributed by atoms with van der Waals surface area (Å²) < 4.78 is 5.94.